The van der Waals surface area contributed by atoms with E-state index < -0.39 is 12.2 Å². The summed E-state index contributed by atoms with van der Waals surface area (Å²) in [5.74, 6) is -0.907. The normalized spacial score (nSPS) is 17.6. The summed E-state index contributed by atoms with van der Waals surface area (Å²) in [6, 6.07) is 5.41. The van der Waals surface area contributed by atoms with E-state index in [0.717, 1.165) is 5.56 Å². The Kier molecular flexibility index (Phi) is 4.57. The highest BCUT2D eigenvalue weighted by molar-refractivity contribution is 5.99. The number of esters is 1. The molecular formula is C16H18N4O4. The molecule has 0 bridgehead atoms. The highest BCUT2D eigenvalue weighted by Gasteiger charge is 2.35. The Bertz CT molecular complexity index is 745. The standard InChI is InChI=1S/C16H18N4O4/c1-11-4-5-13(20-17-6-7-18-20)12(10-11)14(21)19-8-3-9-24-15(19)16(22)23-2/h4-7,10,15H,3,8-9H2,1-2H3/t15-/m0/s1. The zero-order valence-corrected chi connectivity index (χ0v) is 13.5. The van der Waals surface area contributed by atoms with E-state index in [9.17, 15) is 9.59 Å². The lowest BCUT2D eigenvalue weighted by Crippen LogP contribution is -2.51. The second kappa shape index (κ2) is 6.79. The monoisotopic (exact) mass is 330 g/mol. The first-order chi connectivity index (χ1) is 11.6. The lowest BCUT2D eigenvalue weighted by atomic mass is 10.1. The zero-order valence-electron chi connectivity index (χ0n) is 13.5. The number of carbonyl (C=O) groups is 2. The Morgan fingerprint density at radius 1 is 1.29 bits per heavy atom. The molecular weight excluding hydrogens is 312 g/mol. The van der Waals surface area contributed by atoms with Crippen molar-refractivity contribution in [3.63, 3.8) is 0 Å². The molecule has 1 fully saturated rings. The van der Waals surface area contributed by atoms with E-state index in [1.165, 1.54) is 29.2 Å². The van der Waals surface area contributed by atoms with Gasteiger partial charge in [0.1, 0.15) is 0 Å². The fraction of sp³-hybridized carbons (Fsp3) is 0.375. The van der Waals surface area contributed by atoms with Crippen molar-refractivity contribution in [3.05, 3.63) is 41.7 Å². The molecule has 3 rings (SSSR count). The van der Waals surface area contributed by atoms with Crippen molar-refractivity contribution in [2.24, 2.45) is 0 Å². The maximum Gasteiger partial charge on any atom is 0.356 e. The molecule has 8 heteroatoms. The third-order valence-electron chi connectivity index (χ3n) is 3.78. The first-order valence-electron chi connectivity index (χ1n) is 7.59. The SMILES string of the molecule is COC(=O)[C@@H]1OCCCN1C(=O)c1cc(C)ccc1-n1nccn1. The van der Waals surface area contributed by atoms with Gasteiger partial charge < -0.3 is 14.4 Å². The molecule has 0 spiro atoms. The van der Waals surface area contributed by atoms with Gasteiger partial charge in [0.25, 0.3) is 5.91 Å². The molecule has 2 aromatic rings. The van der Waals surface area contributed by atoms with Gasteiger partial charge in [0.05, 0.1) is 37.4 Å². The van der Waals surface area contributed by atoms with Gasteiger partial charge in [-0.25, -0.2) is 4.79 Å². The van der Waals surface area contributed by atoms with Crippen molar-refractivity contribution >= 4 is 11.9 Å². The minimum atomic E-state index is -1.03. The van der Waals surface area contributed by atoms with Crippen LogP contribution in [0.3, 0.4) is 0 Å². The van der Waals surface area contributed by atoms with Gasteiger partial charge in [0, 0.05) is 6.54 Å². The summed E-state index contributed by atoms with van der Waals surface area (Å²) in [6.07, 6.45) is 2.70. The summed E-state index contributed by atoms with van der Waals surface area (Å²) in [5.41, 5.74) is 1.87. The number of benzene rings is 1. The maximum absolute atomic E-state index is 13.1. The van der Waals surface area contributed by atoms with Crippen LogP contribution in [0.25, 0.3) is 5.69 Å². The number of ether oxygens (including phenoxy) is 2. The summed E-state index contributed by atoms with van der Waals surface area (Å²) in [4.78, 5) is 27.8. The smallest absolute Gasteiger partial charge is 0.356 e. The van der Waals surface area contributed by atoms with Crippen LogP contribution in [-0.4, -0.2) is 58.3 Å². The quantitative estimate of drug-likeness (QED) is 0.779. The average molecular weight is 330 g/mol. The summed E-state index contributed by atoms with van der Waals surface area (Å²) >= 11 is 0. The fourth-order valence-corrected chi connectivity index (χ4v) is 2.63. The Morgan fingerprint density at radius 3 is 2.75 bits per heavy atom. The number of methoxy groups -OCH3 is 1. The molecule has 24 heavy (non-hydrogen) atoms. The van der Waals surface area contributed by atoms with E-state index in [1.807, 2.05) is 13.0 Å². The largest absolute Gasteiger partial charge is 0.466 e. The predicted molar refractivity (Wildman–Crippen MR) is 83.5 cm³/mol. The van der Waals surface area contributed by atoms with Crippen molar-refractivity contribution in [2.75, 3.05) is 20.3 Å². The molecule has 1 aromatic heterocycles. The second-order valence-corrected chi connectivity index (χ2v) is 5.44. The highest BCUT2D eigenvalue weighted by Crippen LogP contribution is 2.21. The van der Waals surface area contributed by atoms with Crippen LogP contribution >= 0.6 is 0 Å². The summed E-state index contributed by atoms with van der Waals surface area (Å²) in [5, 5.41) is 8.17. The first-order valence-corrected chi connectivity index (χ1v) is 7.59. The number of hydrogen-bond acceptors (Lipinski definition) is 6. The molecule has 0 unspecified atom stereocenters. The Labute approximate surface area is 139 Å². The number of hydrogen-bond donors (Lipinski definition) is 0. The van der Waals surface area contributed by atoms with E-state index in [2.05, 4.69) is 10.2 Å². The second-order valence-electron chi connectivity index (χ2n) is 5.44. The molecule has 0 aliphatic carbocycles. The third-order valence-corrected chi connectivity index (χ3v) is 3.78. The number of aromatic nitrogens is 3. The van der Waals surface area contributed by atoms with Crippen LogP contribution in [0.2, 0.25) is 0 Å². The lowest BCUT2D eigenvalue weighted by molar-refractivity contribution is -0.170. The van der Waals surface area contributed by atoms with Gasteiger partial charge in [-0.3, -0.25) is 4.79 Å². The average Bonchev–Trinajstić information content (AvgIpc) is 3.14. The molecule has 1 aliphatic rings. The predicted octanol–water partition coefficient (Wildman–Crippen LogP) is 0.937. The van der Waals surface area contributed by atoms with Crippen LogP contribution in [0.15, 0.2) is 30.6 Å². The molecule has 0 N–H and O–H groups in total. The van der Waals surface area contributed by atoms with Gasteiger partial charge in [-0.15, -0.1) is 0 Å². The number of rotatable bonds is 3. The highest BCUT2D eigenvalue weighted by atomic mass is 16.6. The van der Waals surface area contributed by atoms with E-state index in [1.54, 1.807) is 12.1 Å². The maximum atomic E-state index is 13.1. The zero-order chi connectivity index (χ0) is 17.1. The molecule has 1 amide bonds. The molecule has 8 nitrogen and oxygen atoms in total. The van der Waals surface area contributed by atoms with Crippen LogP contribution in [-0.2, 0) is 14.3 Å². The fourth-order valence-electron chi connectivity index (χ4n) is 2.63. The number of nitrogens with zero attached hydrogens (tertiary/aromatic N) is 4. The molecule has 1 aliphatic heterocycles. The molecule has 126 valence electrons. The van der Waals surface area contributed by atoms with Gasteiger partial charge >= 0.3 is 5.97 Å². The number of amides is 1. The van der Waals surface area contributed by atoms with Crippen molar-refractivity contribution in [2.45, 2.75) is 19.6 Å². The minimum Gasteiger partial charge on any atom is -0.466 e. The number of aryl methyl sites for hydroxylation is 1. The van der Waals surface area contributed by atoms with Gasteiger partial charge in [-0.2, -0.15) is 15.0 Å². The Balaban J connectivity index is 1.99. The Hall–Kier alpha value is -2.74. The number of carbonyl (C=O) groups excluding carboxylic acids is 2. The van der Waals surface area contributed by atoms with Crippen LogP contribution < -0.4 is 0 Å². The van der Waals surface area contributed by atoms with Gasteiger partial charge in [-0.05, 0) is 25.5 Å². The Morgan fingerprint density at radius 2 is 2.04 bits per heavy atom. The van der Waals surface area contributed by atoms with Crippen LogP contribution in [0.1, 0.15) is 22.3 Å². The van der Waals surface area contributed by atoms with Crippen molar-refractivity contribution < 1.29 is 19.1 Å². The van der Waals surface area contributed by atoms with Crippen LogP contribution in [0.4, 0.5) is 0 Å². The van der Waals surface area contributed by atoms with Crippen LogP contribution in [0, 0.1) is 6.92 Å². The van der Waals surface area contributed by atoms with Crippen molar-refractivity contribution in [3.8, 4) is 5.69 Å². The summed E-state index contributed by atoms with van der Waals surface area (Å²) in [6.45, 7) is 2.71. The van der Waals surface area contributed by atoms with Crippen LogP contribution in [0.5, 0.6) is 0 Å². The molecule has 0 saturated carbocycles. The molecule has 2 heterocycles. The van der Waals surface area contributed by atoms with Gasteiger partial charge in [0.15, 0.2) is 0 Å². The van der Waals surface area contributed by atoms with Gasteiger partial charge in [0.2, 0.25) is 6.23 Å². The summed E-state index contributed by atoms with van der Waals surface area (Å²) in [7, 11) is 1.27. The van der Waals surface area contributed by atoms with Crippen molar-refractivity contribution in [1.29, 1.82) is 0 Å². The summed E-state index contributed by atoms with van der Waals surface area (Å²) < 4.78 is 10.2. The van der Waals surface area contributed by atoms with Crippen molar-refractivity contribution in [1.82, 2.24) is 19.9 Å². The molecule has 1 saturated heterocycles. The van der Waals surface area contributed by atoms with E-state index in [-0.39, 0.29) is 5.91 Å². The minimum absolute atomic E-state index is 0.318. The first kappa shape index (κ1) is 16.1. The topological polar surface area (TPSA) is 86.5 Å². The van der Waals surface area contributed by atoms with E-state index in [4.69, 9.17) is 9.47 Å². The molecule has 1 aromatic carbocycles. The van der Waals surface area contributed by atoms with Gasteiger partial charge in [-0.1, -0.05) is 11.6 Å². The molecule has 1 atom stereocenters. The third kappa shape index (κ3) is 3.00. The molecule has 0 radical (unpaired) electrons. The lowest BCUT2D eigenvalue weighted by Gasteiger charge is -2.33. The van der Waals surface area contributed by atoms with E-state index in [0.29, 0.717) is 30.8 Å². The van der Waals surface area contributed by atoms with E-state index >= 15 is 0 Å².